The molecule has 4 rings (SSSR count). The summed E-state index contributed by atoms with van der Waals surface area (Å²) in [6.45, 7) is 3.54. The van der Waals surface area contributed by atoms with E-state index in [2.05, 4.69) is 14.8 Å². The minimum absolute atomic E-state index is 0.200. The Morgan fingerprint density at radius 2 is 1.96 bits per heavy atom. The van der Waals surface area contributed by atoms with Gasteiger partial charge in [0.2, 0.25) is 0 Å². The van der Waals surface area contributed by atoms with E-state index in [1.54, 1.807) is 0 Å². The van der Waals surface area contributed by atoms with Crippen molar-refractivity contribution in [3.8, 4) is 0 Å². The van der Waals surface area contributed by atoms with Crippen LogP contribution in [0.4, 0.5) is 6.01 Å². The second-order valence-corrected chi connectivity index (χ2v) is 6.85. The fourth-order valence-electron chi connectivity index (χ4n) is 3.96. The van der Waals surface area contributed by atoms with Crippen molar-refractivity contribution in [3.63, 3.8) is 0 Å². The number of oxazole rings is 1. The summed E-state index contributed by atoms with van der Waals surface area (Å²) in [6.07, 6.45) is 3.87. The minimum atomic E-state index is -0.649. The smallest absolute Gasteiger partial charge is 0.307 e. The monoisotopic (exact) mass is 329 g/mol. The predicted molar refractivity (Wildman–Crippen MR) is 91.2 cm³/mol. The zero-order chi connectivity index (χ0) is 16.5. The number of benzene rings is 1. The predicted octanol–water partition coefficient (Wildman–Crippen LogP) is 2.59. The molecular formula is C18H23N3O3. The summed E-state index contributed by atoms with van der Waals surface area (Å²) in [7, 11) is 0. The van der Waals surface area contributed by atoms with Gasteiger partial charge in [0.05, 0.1) is 5.92 Å². The van der Waals surface area contributed by atoms with Gasteiger partial charge in [-0.3, -0.25) is 9.69 Å². The third-order valence-corrected chi connectivity index (χ3v) is 5.34. The zero-order valence-electron chi connectivity index (χ0n) is 13.7. The van der Waals surface area contributed by atoms with E-state index in [4.69, 9.17) is 4.42 Å². The largest absolute Gasteiger partial charge is 0.481 e. The molecule has 1 atom stereocenters. The highest BCUT2D eigenvalue weighted by Crippen LogP contribution is 2.28. The molecule has 2 aliphatic rings. The van der Waals surface area contributed by atoms with E-state index in [1.165, 1.54) is 0 Å². The molecule has 6 heteroatoms. The van der Waals surface area contributed by atoms with Gasteiger partial charge in [0.15, 0.2) is 5.58 Å². The SMILES string of the molecule is O=C(O)[C@@H]1CCCN(C2CCN(c3nc4ccccc4o3)CC2)C1. The number of carboxylic acid groups (broad SMARTS) is 1. The number of carboxylic acids is 1. The average Bonchev–Trinajstić information content (AvgIpc) is 3.06. The number of likely N-dealkylation sites (tertiary alicyclic amines) is 1. The average molecular weight is 329 g/mol. The molecule has 0 bridgehead atoms. The van der Waals surface area contributed by atoms with E-state index in [1.807, 2.05) is 24.3 Å². The lowest BCUT2D eigenvalue weighted by molar-refractivity contribution is -0.144. The van der Waals surface area contributed by atoms with Crippen molar-refractivity contribution in [2.45, 2.75) is 31.7 Å². The van der Waals surface area contributed by atoms with Crippen LogP contribution in [0.3, 0.4) is 0 Å². The number of anilines is 1. The van der Waals surface area contributed by atoms with Crippen molar-refractivity contribution < 1.29 is 14.3 Å². The molecule has 1 aromatic carbocycles. The van der Waals surface area contributed by atoms with Crippen molar-refractivity contribution in [2.24, 2.45) is 5.92 Å². The Bertz CT molecular complexity index is 688. The number of aliphatic carboxylic acids is 1. The maximum absolute atomic E-state index is 11.2. The van der Waals surface area contributed by atoms with Crippen LogP contribution in [0.25, 0.3) is 11.1 Å². The zero-order valence-corrected chi connectivity index (χ0v) is 13.7. The molecular weight excluding hydrogens is 306 g/mol. The standard InChI is InChI=1S/C18H23N3O3/c22-17(23)13-4-3-9-21(12-13)14-7-10-20(11-8-14)18-19-15-5-1-2-6-16(15)24-18/h1-2,5-6,13-14H,3-4,7-12H2,(H,22,23)/t13-/m1/s1. The van der Waals surface area contributed by atoms with Crippen LogP contribution in [0.1, 0.15) is 25.7 Å². The van der Waals surface area contributed by atoms with Gasteiger partial charge in [-0.15, -0.1) is 0 Å². The summed E-state index contributed by atoms with van der Waals surface area (Å²) in [4.78, 5) is 20.4. The van der Waals surface area contributed by atoms with Crippen molar-refractivity contribution >= 4 is 23.1 Å². The fourth-order valence-corrected chi connectivity index (χ4v) is 3.96. The van der Waals surface area contributed by atoms with E-state index >= 15 is 0 Å². The maximum atomic E-state index is 11.2. The Morgan fingerprint density at radius 1 is 1.17 bits per heavy atom. The molecule has 3 heterocycles. The van der Waals surface area contributed by atoms with E-state index in [0.29, 0.717) is 18.6 Å². The Balaban J connectivity index is 1.38. The molecule has 24 heavy (non-hydrogen) atoms. The van der Waals surface area contributed by atoms with Gasteiger partial charge in [-0.25, -0.2) is 0 Å². The minimum Gasteiger partial charge on any atom is -0.481 e. The highest BCUT2D eigenvalue weighted by atomic mass is 16.4. The summed E-state index contributed by atoms with van der Waals surface area (Å²) in [5.74, 6) is -0.850. The molecule has 2 saturated heterocycles. The Morgan fingerprint density at radius 3 is 2.71 bits per heavy atom. The number of fused-ring (bicyclic) bond motifs is 1. The van der Waals surface area contributed by atoms with Crippen molar-refractivity contribution in [1.82, 2.24) is 9.88 Å². The van der Waals surface area contributed by atoms with Crippen LogP contribution in [0.15, 0.2) is 28.7 Å². The molecule has 2 aromatic rings. The first kappa shape index (κ1) is 15.4. The molecule has 6 nitrogen and oxygen atoms in total. The number of para-hydroxylation sites is 2. The van der Waals surface area contributed by atoms with Gasteiger partial charge in [0, 0.05) is 25.7 Å². The van der Waals surface area contributed by atoms with Gasteiger partial charge in [-0.05, 0) is 44.4 Å². The molecule has 2 fully saturated rings. The van der Waals surface area contributed by atoms with Gasteiger partial charge < -0.3 is 14.4 Å². The van der Waals surface area contributed by atoms with Gasteiger partial charge in [-0.1, -0.05) is 12.1 Å². The third-order valence-electron chi connectivity index (χ3n) is 5.34. The summed E-state index contributed by atoms with van der Waals surface area (Å²) in [5, 5.41) is 9.26. The van der Waals surface area contributed by atoms with Crippen molar-refractivity contribution in [1.29, 1.82) is 0 Å². The van der Waals surface area contributed by atoms with Crippen molar-refractivity contribution in [2.75, 3.05) is 31.1 Å². The van der Waals surface area contributed by atoms with Crippen LogP contribution in [-0.4, -0.2) is 53.2 Å². The van der Waals surface area contributed by atoms with Gasteiger partial charge in [0.25, 0.3) is 6.01 Å². The molecule has 0 unspecified atom stereocenters. The molecule has 0 aliphatic carbocycles. The maximum Gasteiger partial charge on any atom is 0.307 e. The number of carbonyl (C=O) groups is 1. The van der Waals surface area contributed by atoms with E-state index in [-0.39, 0.29) is 5.92 Å². The molecule has 1 N–H and O–H groups in total. The number of hydrogen-bond acceptors (Lipinski definition) is 5. The van der Waals surface area contributed by atoms with E-state index in [0.717, 1.165) is 56.4 Å². The highest BCUT2D eigenvalue weighted by Gasteiger charge is 2.32. The quantitative estimate of drug-likeness (QED) is 0.933. The highest BCUT2D eigenvalue weighted by molar-refractivity contribution is 5.74. The number of rotatable bonds is 3. The molecule has 0 saturated carbocycles. The van der Waals surface area contributed by atoms with E-state index in [9.17, 15) is 9.90 Å². The second-order valence-electron chi connectivity index (χ2n) is 6.85. The van der Waals surface area contributed by atoms with Gasteiger partial charge in [-0.2, -0.15) is 4.98 Å². The summed E-state index contributed by atoms with van der Waals surface area (Å²) in [6, 6.07) is 9.02. The summed E-state index contributed by atoms with van der Waals surface area (Å²) < 4.78 is 5.86. The molecule has 1 aromatic heterocycles. The van der Waals surface area contributed by atoms with Crippen LogP contribution in [0.2, 0.25) is 0 Å². The van der Waals surface area contributed by atoms with E-state index < -0.39 is 5.97 Å². The van der Waals surface area contributed by atoms with Crippen LogP contribution in [0, 0.1) is 5.92 Å². The summed E-state index contributed by atoms with van der Waals surface area (Å²) >= 11 is 0. The Labute approximate surface area is 141 Å². The molecule has 0 amide bonds. The lowest BCUT2D eigenvalue weighted by Crippen LogP contribution is -2.49. The third kappa shape index (κ3) is 2.98. The lowest BCUT2D eigenvalue weighted by Gasteiger charge is -2.41. The van der Waals surface area contributed by atoms with Crippen LogP contribution >= 0.6 is 0 Å². The first-order chi connectivity index (χ1) is 11.7. The normalized spacial score (nSPS) is 23.7. The first-order valence-electron chi connectivity index (χ1n) is 8.78. The topological polar surface area (TPSA) is 69.8 Å². The molecule has 0 spiro atoms. The lowest BCUT2D eigenvalue weighted by atomic mass is 9.94. The fraction of sp³-hybridized carbons (Fsp3) is 0.556. The van der Waals surface area contributed by atoms with Gasteiger partial charge >= 0.3 is 5.97 Å². The van der Waals surface area contributed by atoms with Crippen LogP contribution < -0.4 is 4.90 Å². The number of nitrogens with zero attached hydrogens (tertiary/aromatic N) is 3. The summed E-state index contributed by atoms with van der Waals surface area (Å²) in [5.41, 5.74) is 1.73. The molecule has 2 aliphatic heterocycles. The molecule has 0 radical (unpaired) electrons. The van der Waals surface area contributed by atoms with Crippen molar-refractivity contribution in [3.05, 3.63) is 24.3 Å². The van der Waals surface area contributed by atoms with Gasteiger partial charge in [0.1, 0.15) is 5.52 Å². The number of aromatic nitrogens is 1. The van der Waals surface area contributed by atoms with Crippen LogP contribution in [-0.2, 0) is 4.79 Å². The Kier molecular flexibility index (Phi) is 4.14. The van der Waals surface area contributed by atoms with Crippen LogP contribution in [0.5, 0.6) is 0 Å². The number of hydrogen-bond donors (Lipinski definition) is 1. The second kappa shape index (κ2) is 6.43. The number of piperidine rings is 2. The molecule has 128 valence electrons. The first-order valence-corrected chi connectivity index (χ1v) is 8.78. The Hall–Kier alpha value is -2.08.